The topological polar surface area (TPSA) is 61.8 Å². The van der Waals surface area contributed by atoms with E-state index in [1.807, 2.05) is 6.20 Å². The maximum Gasteiger partial charge on any atom is 0.162 e. The number of nitriles is 1. The summed E-state index contributed by atoms with van der Waals surface area (Å²) < 4.78 is 1.77. The molecule has 8 unspecified atom stereocenters. The molecule has 0 spiro atoms. The van der Waals surface area contributed by atoms with Crippen LogP contribution in [0.5, 0.6) is 0 Å². The lowest BCUT2D eigenvalue weighted by molar-refractivity contribution is -0.100. The van der Waals surface area contributed by atoms with E-state index in [2.05, 4.69) is 38.9 Å². The highest BCUT2D eigenvalue weighted by Gasteiger charge is 2.59. The van der Waals surface area contributed by atoms with Crippen molar-refractivity contribution >= 4 is 0 Å². The van der Waals surface area contributed by atoms with Gasteiger partial charge in [0.2, 0.25) is 0 Å². The summed E-state index contributed by atoms with van der Waals surface area (Å²) in [4.78, 5) is 0. The largest absolute Gasteiger partial charge is 0.391 e. The summed E-state index contributed by atoms with van der Waals surface area (Å²) >= 11 is 0. The third-order valence-electron chi connectivity index (χ3n) is 10.3. The van der Waals surface area contributed by atoms with Gasteiger partial charge in [0.15, 0.2) is 5.69 Å². The Bertz CT molecular complexity index is 812. The highest BCUT2D eigenvalue weighted by Crippen LogP contribution is 2.66. The number of unbranched alkanes of at least 4 members (excludes halogenated alkanes) is 1. The molecule has 178 valence electrons. The van der Waals surface area contributed by atoms with Crippen LogP contribution in [0.3, 0.4) is 0 Å². The van der Waals surface area contributed by atoms with Crippen LogP contribution in [0, 0.1) is 51.8 Å². The van der Waals surface area contributed by atoms with Crippen molar-refractivity contribution in [3.05, 3.63) is 18.0 Å². The van der Waals surface area contributed by atoms with Crippen molar-refractivity contribution in [1.82, 2.24) is 9.78 Å². The summed E-state index contributed by atoms with van der Waals surface area (Å²) in [5, 5.41) is 24.6. The molecule has 1 heterocycles. The van der Waals surface area contributed by atoms with Gasteiger partial charge in [-0.1, -0.05) is 47.0 Å². The second-order valence-electron chi connectivity index (χ2n) is 12.0. The number of nitrogens with zero attached hydrogens (tertiary/aromatic N) is 3. The number of aromatic nitrogens is 2. The minimum absolute atomic E-state index is 0.250. The lowest BCUT2D eigenvalue weighted by Crippen LogP contribution is -2.51. The predicted octanol–water partition coefficient (Wildman–Crippen LogP) is 6.58. The van der Waals surface area contributed by atoms with Gasteiger partial charge in [0.05, 0.1) is 12.6 Å². The fraction of sp³-hybridized carbons (Fsp3) is 0.857. The Morgan fingerprint density at radius 1 is 1.16 bits per heavy atom. The first-order chi connectivity index (χ1) is 15.4. The van der Waals surface area contributed by atoms with Crippen LogP contribution in [0.4, 0.5) is 0 Å². The minimum Gasteiger partial charge on any atom is -0.391 e. The van der Waals surface area contributed by atoms with Crippen LogP contribution < -0.4 is 0 Å². The van der Waals surface area contributed by atoms with Gasteiger partial charge in [-0.2, -0.15) is 10.4 Å². The van der Waals surface area contributed by atoms with Crippen LogP contribution in [0.1, 0.15) is 104 Å². The molecule has 4 nitrogen and oxygen atoms in total. The molecular weight excluding hydrogens is 394 g/mol. The van der Waals surface area contributed by atoms with E-state index in [-0.39, 0.29) is 11.5 Å². The first kappa shape index (κ1) is 23.8. The monoisotopic (exact) mass is 439 g/mol. The quantitative estimate of drug-likeness (QED) is 0.497. The summed E-state index contributed by atoms with van der Waals surface area (Å²) in [5.74, 6) is 3.75. The molecule has 8 atom stereocenters. The standard InChI is InChI=1S/C28H45N3O/c1-5-7-14-27(3)15-11-22-21(23(27)8-6-2)12-16-28(4)24(22)9-10-25(28)26(32)19-31-17-13-20(18-29)30-31/h13,17,21-26,32H,5-12,14-16,19H2,1-4H3. The fourth-order valence-corrected chi connectivity index (χ4v) is 8.71. The van der Waals surface area contributed by atoms with Gasteiger partial charge in [-0.05, 0) is 97.9 Å². The van der Waals surface area contributed by atoms with Gasteiger partial charge in [0, 0.05) is 6.20 Å². The van der Waals surface area contributed by atoms with Crippen molar-refractivity contribution in [1.29, 1.82) is 5.26 Å². The summed E-state index contributed by atoms with van der Waals surface area (Å²) in [7, 11) is 0. The Kier molecular flexibility index (Phi) is 7.06. The van der Waals surface area contributed by atoms with E-state index in [1.165, 1.54) is 64.2 Å². The maximum atomic E-state index is 11.3. The number of hydrogen-bond acceptors (Lipinski definition) is 3. The number of aliphatic hydroxyl groups is 1. The molecule has 1 aromatic rings. The summed E-state index contributed by atoms with van der Waals surface area (Å²) in [6.45, 7) is 10.3. The summed E-state index contributed by atoms with van der Waals surface area (Å²) in [5.41, 5.74) is 1.22. The van der Waals surface area contributed by atoms with E-state index in [0.717, 1.165) is 30.1 Å². The zero-order valence-electron chi connectivity index (χ0n) is 20.9. The van der Waals surface area contributed by atoms with Gasteiger partial charge in [-0.25, -0.2) is 0 Å². The highest BCUT2D eigenvalue weighted by atomic mass is 16.3. The third kappa shape index (κ3) is 4.15. The third-order valence-corrected chi connectivity index (χ3v) is 10.3. The Hall–Kier alpha value is -1.34. The van der Waals surface area contributed by atoms with E-state index in [1.54, 1.807) is 10.7 Å². The van der Waals surface area contributed by atoms with Crippen molar-refractivity contribution in [2.24, 2.45) is 40.4 Å². The van der Waals surface area contributed by atoms with Crippen LogP contribution in [0.15, 0.2) is 12.3 Å². The van der Waals surface area contributed by atoms with Crippen LogP contribution in [-0.2, 0) is 6.54 Å². The molecule has 0 bridgehead atoms. The average molecular weight is 440 g/mol. The molecule has 1 N–H and O–H groups in total. The van der Waals surface area contributed by atoms with E-state index >= 15 is 0 Å². The molecule has 3 aliphatic carbocycles. The van der Waals surface area contributed by atoms with E-state index < -0.39 is 0 Å². The van der Waals surface area contributed by atoms with Gasteiger partial charge in [0.1, 0.15) is 6.07 Å². The SMILES string of the molecule is CCCCC1(C)CCC2C(CCC3(C)C(C(O)Cn4ccc(C#N)n4)CCC23)C1CCC. The number of rotatable bonds is 8. The molecule has 0 aromatic carbocycles. The Labute approximate surface area is 195 Å². The minimum atomic E-state index is -0.377. The number of aliphatic hydroxyl groups excluding tert-OH is 1. The normalized spacial score (nSPS) is 39.8. The summed E-state index contributed by atoms with van der Waals surface area (Å²) in [6, 6.07) is 3.83. The zero-order chi connectivity index (χ0) is 22.9. The molecule has 3 fully saturated rings. The van der Waals surface area contributed by atoms with Crippen LogP contribution in [0.25, 0.3) is 0 Å². The van der Waals surface area contributed by atoms with Crippen LogP contribution in [0.2, 0.25) is 0 Å². The zero-order valence-corrected chi connectivity index (χ0v) is 20.9. The van der Waals surface area contributed by atoms with E-state index in [4.69, 9.17) is 5.26 Å². The second kappa shape index (κ2) is 9.49. The lowest BCUT2D eigenvalue weighted by atomic mass is 9.47. The molecule has 3 saturated carbocycles. The molecule has 0 radical (unpaired) electrons. The molecule has 32 heavy (non-hydrogen) atoms. The van der Waals surface area contributed by atoms with Crippen LogP contribution >= 0.6 is 0 Å². The Morgan fingerprint density at radius 2 is 1.94 bits per heavy atom. The van der Waals surface area contributed by atoms with Gasteiger partial charge in [-0.3, -0.25) is 4.68 Å². The molecule has 4 heteroatoms. The van der Waals surface area contributed by atoms with Gasteiger partial charge in [0.25, 0.3) is 0 Å². The van der Waals surface area contributed by atoms with Crippen molar-refractivity contribution in [3.8, 4) is 6.07 Å². The smallest absolute Gasteiger partial charge is 0.162 e. The number of hydrogen-bond donors (Lipinski definition) is 1. The molecule has 0 saturated heterocycles. The van der Waals surface area contributed by atoms with Crippen LogP contribution in [-0.4, -0.2) is 21.0 Å². The first-order valence-corrected chi connectivity index (χ1v) is 13.5. The Morgan fingerprint density at radius 3 is 2.62 bits per heavy atom. The molecule has 0 aliphatic heterocycles. The highest BCUT2D eigenvalue weighted by molar-refractivity contribution is 5.16. The maximum absolute atomic E-state index is 11.3. The Balaban J connectivity index is 1.49. The molecule has 0 amide bonds. The fourth-order valence-electron chi connectivity index (χ4n) is 8.71. The molecule has 3 aliphatic rings. The molecule has 4 rings (SSSR count). The van der Waals surface area contributed by atoms with E-state index in [0.29, 0.717) is 23.6 Å². The van der Waals surface area contributed by atoms with Crippen molar-refractivity contribution in [2.45, 2.75) is 111 Å². The van der Waals surface area contributed by atoms with Gasteiger partial charge in [-0.15, -0.1) is 0 Å². The predicted molar refractivity (Wildman–Crippen MR) is 129 cm³/mol. The summed E-state index contributed by atoms with van der Waals surface area (Å²) in [6.07, 6.45) is 16.1. The van der Waals surface area contributed by atoms with Crippen molar-refractivity contribution < 1.29 is 5.11 Å². The van der Waals surface area contributed by atoms with Crippen molar-refractivity contribution in [3.63, 3.8) is 0 Å². The van der Waals surface area contributed by atoms with Crippen molar-refractivity contribution in [2.75, 3.05) is 0 Å². The lowest BCUT2D eigenvalue weighted by Gasteiger charge is -2.58. The number of fused-ring (bicyclic) bond motifs is 3. The van der Waals surface area contributed by atoms with Gasteiger partial charge >= 0.3 is 0 Å². The molecular formula is C28H45N3O. The first-order valence-electron chi connectivity index (χ1n) is 13.5. The average Bonchev–Trinajstić information content (AvgIpc) is 3.38. The van der Waals surface area contributed by atoms with Gasteiger partial charge < -0.3 is 5.11 Å². The molecule has 1 aromatic heterocycles. The second-order valence-corrected chi connectivity index (χ2v) is 12.0. The van der Waals surface area contributed by atoms with E-state index in [9.17, 15) is 5.11 Å².